The molecule has 1 unspecified atom stereocenters. The molecule has 0 bridgehead atoms. The molecule has 0 saturated carbocycles. The van der Waals surface area contributed by atoms with Crippen molar-refractivity contribution in [1.82, 2.24) is 34.7 Å². The van der Waals surface area contributed by atoms with Gasteiger partial charge in [0.2, 0.25) is 0 Å². The first kappa shape index (κ1) is 22.4. The summed E-state index contributed by atoms with van der Waals surface area (Å²) in [5, 5.41) is 13.8. The van der Waals surface area contributed by atoms with Crippen LogP contribution in [0.2, 0.25) is 0 Å². The van der Waals surface area contributed by atoms with E-state index in [2.05, 4.69) is 25.5 Å². The molecule has 37 heavy (non-hydrogen) atoms. The van der Waals surface area contributed by atoms with Gasteiger partial charge in [0.25, 0.3) is 11.5 Å². The van der Waals surface area contributed by atoms with Crippen molar-refractivity contribution in [2.24, 2.45) is 0 Å². The van der Waals surface area contributed by atoms with Crippen LogP contribution in [0.15, 0.2) is 103 Å². The maximum Gasteiger partial charge on any atom is 0.274 e. The number of nitrogens with one attached hydrogen (secondary N) is 2. The van der Waals surface area contributed by atoms with Crippen LogP contribution in [0.1, 0.15) is 28.5 Å². The molecule has 6 aromatic rings. The molecule has 9 heteroatoms. The summed E-state index contributed by atoms with van der Waals surface area (Å²) in [7, 11) is 0. The molecule has 1 amide bonds. The molecule has 0 aliphatic rings. The highest BCUT2D eigenvalue weighted by atomic mass is 16.2. The number of H-pyrrole nitrogens is 1. The van der Waals surface area contributed by atoms with Crippen molar-refractivity contribution in [3.63, 3.8) is 0 Å². The van der Waals surface area contributed by atoms with Gasteiger partial charge in [0, 0.05) is 18.2 Å². The second-order valence-electron chi connectivity index (χ2n) is 8.80. The van der Waals surface area contributed by atoms with E-state index in [1.54, 1.807) is 17.2 Å². The third-order valence-electron chi connectivity index (χ3n) is 6.38. The summed E-state index contributed by atoms with van der Waals surface area (Å²) in [6.45, 7) is 0.583. The maximum atomic E-state index is 13.2. The van der Waals surface area contributed by atoms with Crippen molar-refractivity contribution in [2.75, 3.05) is 0 Å². The summed E-state index contributed by atoms with van der Waals surface area (Å²) in [6, 6.07) is 25.0. The van der Waals surface area contributed by atoms with Crippen LogP contribution in [-0.4, -0.2) is 35.3 Å². The van der Waals surface area contributed by atoms with Crippen LogP contribution in [0.5, 0.6) is 0 Å². The van der Waals surface area contributed by atoms with Crippen LogP contribution < -0.4 is 10.9 Å². The third kappa shape index (κ3) is 4.62. The molecular weight excluding hydrogens is 466 g/mol. The fraction of sp³-hybridized carbons (Fsp3) is 0.107. The van der Waals surface area contributed by atoms with Gasteiger partial charge in [0.05, 0.1) is 17.9 Å². The van der Waals surface area contributed by atoms with Gasteiger partial charge in [-0.05, 0) is 28.8 Å². The molecule has 0 spiro atoms. The Morgan fingerprint density at radius 2 is 1.78 bits per heavy atom. The average Bonchev–Trinajstić information content (AvgIpc) is 3.62. The minimum atomic E-state index is -0.359. The predicted molar refractivity (Wildman–Crippen MR) is 140 cm³/mol. The zero-order chi connectivity index (χ0) is 25.2. The number of amides is 1. The number of rotatable bonds is 7. The second kappa shape index (κ2) is 9.54. The van der Waals surface area contributed by atoms with Gasteiger partial charge >= 0.3 is 0 Å². The van der Waals surface area contributed by atoms with Crippen LogP contribution in [0.4, 0.5) is 0 Å². The molecule has 3 aromatic heterocycles. The van der Waals surface area contributed by atoms with Crippen molar-refractivity contribution < 1.29 is 4.79 Å². The molecule has 9 nitrogen and oxygen atoms in total. The summed E-state index contributed by atoms with van der Waals surface area (Å²) in [5.41, 5.74) is 2.60. The SMILES string of the molecule is O=C(NC(CCn1cncn1)c1ccccc1)c1cc2c(=O)[nH]c(-c3ccc4ccccc4c3)cn2n1. The number of hydrogen-bond donors (Lipinski definition) is 2. The van der Waals surface area contributed by atoms with Crippen molar-refractivity contribution >= 4 is 22.2 Å². The molecule has 1 atom stereocenters. The first-order valence-electron chi connectivity index (χ1n) is 11.9. The van der Waals surface area contributed by atoms with Crippen molar-refractivity contribution in [3.05, 3.63) is 119 Å². The van der Waals surface area contributed by atoms with Gasteiger partial charge in [-0.25, -0.2) is 9.50 Å². The fourth-order valence-corrected chi connectivity index (χ4v) is 4.47. The van der Waals surface area contributed by atoms with Crippen LogP contribution in [-0.2, 0) is 6.54 Å². The standard InChI is InChI=1S/C28H23N7O2/c36-27(31-23(20-7-2-1-3-8-20)12-13-34-18-29-17-30-34)24-15-26-28(37)32-25(16-35(26)33-24)22-11-10-19-6-4-5-9-21(19)14-22/h1-11,14-18,23H,12-13H2,(H,31,36)(H,32,37). The highest BCUT2D eigenvalue weighted by molar-refractivity contribution is 5.94. The average molecular weight is 490 g/mol. The Morgan fingerprint density at radius 1 is 0.973 bits per heavy atom. The number of aromatic nitrogens is 6. The summed E-state index contributed by atoms with van der Waals surface area (Å²) >= 11 is 0. The Hall–Kier alpha value is -5.05. The van der Waals surface area contributed by atoms with Gasteiger partial charge in [0.15, 0.2) is 5.69 Å². The van der Waals surface area contributed by atoms with E-state index in [0.29, 0.717) is 24.2 Å². The number of fused-ring (bicyclic) bond motifs is 2. The Balaban J connectivity index is 1.28. The lowest BCUT2D eigenvalue weighted by molar-refractivity contribution is 0.0928. The summed E-state index contributed by atoms with van der Waals surface area (Å²) in [6.07, 6.45) is 5.47. The van der Waals surface area contributed by atoms with E-state index in [4.69, 9.17) is 0 Å². The van der Waals surface area contributed by atoms with Gasteiger partial charge in [-0.3, -0.25) is 14.3 Å². The minimum Gasteiger partial charge on any atom is -0.344 e. The Labute approximate surface area is 211 Å². The molecule has 6 rings (SSSR count). The zero-order valence-corrected chi connectivity index (χ0v) is 19.8. The van der Waals surface area contributed by atoms with E-state index in [1.807, 2.05) is 72.8 Å². The Bertz CT molecular complexity index is 1750. The largest absolute Gasteiger partial charge is 0.344 e. The van der Waals surface area contributed by atoms with E-state index >= 15 is 0 Å². The van der Waals surface area contributed by atoms with E-state index in [0.717, 1.165) is 21.9 Å². The summed E-state index contributed by atoms with van der Waals surface area (Å²) < 4.78 is 3.19. The molecule has 0 aliphatic carbocycles. The number of carbonyl (C=O) groups is 1. The number of nitrogens with zero attached hydrogens (tertiary/aromatic N) is 5. The minimum absolute atomic E-state index is 0.169. The molecule has 3 heterocycles. The fourth-order valence-electron chi connectivity index (χ4n) is 4.47. The van der Waals surface area contributed by atoms with E-state index in [-0.39, 0.29) is 23.2 Å². The molecule has 3 aromatic carbocycles. The monoisotopic (exact) mass is 489 g/mol. The Morgan fingerprint density at radius 3 is 2.59 bits per heavy atom. The van der Waals surface area contributed by atoms with Crippen molar-refractivity contribution in [3.8, 4) is 11.3 Å². The van der Waals surface area contributed by atoms with Gasteiger partial charge in [-0.2, -0.15) is 10.2 Å². The van der Waals surface area contributed by atoms with Gasteiger partial charge in [-0.15, -0.1) is 0 Å². The zero-order valence-electron chi connectivity index (χ0n) is 19.8. The normalized spacial score (nSPS) is 12.1. The van der Waals surface area contributed by atoms with Crippen LogP contribution >= 0.6 is 0 Å². The van der Waals surface area contributed by atoms with E-state index in [1.165, 1.54) is 16.9 Å². The lowest BCUT2D eigenvalue weighted by Crippen LogP contribution is -2.29. The Kier molecular flexibility index (Phi) is 5.78. The molecule has 0 saturated heterocycles. The second-order valence-corrected chi connectivity index (χ2v) is 8.80. The first-order valence-corrected chi connectivity index (χ1v) is 11.9. The topological polar surface area (TPSA) is 110 Å². The van der Waals surface area contributed by atoms with Crippen LogP contribution in [0, 0.1) is 0 Å². The summed E-state index contributed by atoms with van der Waals surface area (Å²) in [4.78, 5) is 33.0. The van der Waals surface area contributed by atoms with Gasteiger partial charge < -0.3 is 10.3 Å². The van der Waals surface area contributed by atoms with Crippen molar-refractivity contribution in [2.45, 2.75) is 19.0 Å². The molecule has 0 fully saturated rings. The van der Waals surface area contributed by atoms with E-state index < -0.39 is 0 Å². The van der Waals surface area contributed by atoms with Gasteiger partial charge in [0.1, 0.15) is 18.2 Å². The predicted octanol–water partition coefficient (Wildman–Crippen LogP) is 4.00. The molecule has 182 valence electrons. The lowest BCUT2D eigenvalue weighted by atomic mass is 10.0. The van der Waals surface area contributed by atoms with Gasteiger partial charge in [-0.1, -0.05) is 66.7 Å². The van der Waals surface area contributed by atoms with E-state index in [9.17, 15) is 9.59 Å². The van der Waals surface area contributed by atoms with Crippen LogP contribution in [0.25, 0.3) is 27.5 Å². The molecule has 0 radical (unpaired) electrons. The molecular formula is C28H23N7O2. The molecule has 2 N–H and O–H groups in total. The number of aromatic amines is 1. The first-order chi connectivity index (χ1) is 18.1. The highest BCUT2D eigenvalue weighted by Gasteiger charge is 2.19. The van der Waals surface area contributed by atoms with Crippen molar-refractivity contribution in [1.29, 1.82) is 0 Å². The summed E-state index contributed by atoms with van der Waals surface area (Å²) in [5.74, 6) is -0.359. The number of aryl methyl sites for hydroxylation is 1. The third-order valence-corrected chi connectivity index (χ3v) is 6.38. The quantitative estimate of drug-likeness (QED) is 0.352. The molecule has 0 aliphatic heterocycles. The maximum absolute atomic E-state index is 13.2. The number of carbonyl (C=O) groups excluding carboxylic acids is 1. The lowest BCUT2D eigenvalue weighted by Gasteiger charge is -2.18. The number of hydrogen-bond acceptors (Lipinski definition) is 5. The number of benzene rings is 3. The highest BCUT2D eigenvalue weighted by Crippen LogP contribution is 2.23. The van der Waals surface area contributed by atoms with Crippen LogP contribution in [0.3, 0.4) is 0 Å². The smallest absolute Gasteiger partial charge is 0.274 e.